The Morgan fingerprint density at radius 3 is 2.26 bits per heavy atom. The Hall–Kier alpha value is -2.83. The number of rotatable bonds is 4. The third-order valence-corrected chi connectivity index (χ3v) is 3.12. The zero-order chi connectivity index (χ0) is 17.0. The van der Waals surface area contributed by atoms with Gasteiger partial charge in [-0.25, -0.2) is 0 Å². The van der Waals surface area contributed by atoms with Crippen LogP contribution in [-0.2, 0) is 6.18 Å². The lowest BCUT2D eigenvalue weighted by Gasteiger charge is -2.10. The lowest BCUT2D eigenvalue weighted by molar-refractivity contribution is -0.385. The van der Waals surface area contributed by atoms with Crippen molar-refractivity contribution >= 4 is 17.8 Å². The average Bonchev–Trinajstić information content (AvgIpc) is 2.52. The normalized spacial score (nSPS) is 11.7. The molecule has 0 N–H and O–H groups in total. The summed E-state index contributed by atoms with van der Waals surface area (Å²) in [5.41, 5.74) is -1.11. The van der Waals surface area contributed by atoms with Crippen LogP contribution < -0.4 is 4.74 Å². The number of hydrogen-bond donors (Lipinski definition) is 0. The number of methoxy groups -OCH3 is 1. The van der Waals surface area contributed by atoms with Crippen LogP contribution in [0.2, 0.25) is 0 Å². The van der Waals surface area contributed by atoms with Crippen molar-refractivity contribution in [2.75, 3.05) is 7.11 Å². The molecule has 2 rings (SSSR count). The average molecular weight is 323 g/mol. The number of nitro benzene ring substituents is 1. The zero-order valence-corrected chi connectivity index (χ0v) is 12.0. The van der Waals surface area contributed by atoms with Crippen molar-refractivity contribution in [3.63, 3.8) is 0 Å². The van der Waals surface area contributed by atoms with E-state index in [0.717, 1.165) is 12.1 Å². The van der Waals surface area contributed by atoms with Crippen LogP contribution in [-0.4, -0.2) is 12.0 Å². The van der Waals surface area contributed by atoms with Gasteiger partial charge in [0.25, 0.3) is 5.69 Å². The summed E-state index contributed by atoms with van der Waals surface area (Å²) in [5.74, 6) is 0.633. The molecule has 0 amide bonds. The molecular weight excluding hydrogens is 311 g/mol. The summed E-state index contributed by atoms with van der Waals surface area (Å²) < 4.78 is 44.1. The third kappa shape index (κ3) is 4.09. The molecule has 4 nitrogen and oxygen atoms in total. The van der Waals surface area contributed by atoms with Gasteiger partial charge in [0.15, 0.2) is 0 Å². The van der Waals surface area contributed by atoms with Gasteiger partial charge in [-0.05, 0) is 29.3 Å². The number of halogens is 3. The standard InChI is InChI=1S/C16H12F3NO3/c1-23-14-8-3-11(4-9-14)2-5-12-6-7-13(20(21)22)10-15(12)16(17,18)19/h2-10H,1H3. The van der Waals surface area contributed by atoms with Gasteiger partial charge in [-0.2, -0.15) is 13.2 Å². The molecular formula is C16H12F3NO3. The van der Waals surface area contributed by atoms with E-state index >= 15 is 0 Å². The van der Waals surface area contributed by atoms with Gasteiger partial charge in [-0.3, -0.25) is 10.1 Å². The summed E-state index contributed by atoms with van der Waals surface area (Å²) in [6.07, 6.45) is -1.91. The molecule has 0 heterocycles. The van der Waals surface area contributed by atoms with E-state index in [9.17, 15) is 23.3 Å². The summed E-state index contributed by atoms with van der Waals surface area (Å²) >= 11 is 0. The molecule has 0 saturated carbocycles. The van der Waals surface area contributed by atoms with Gasteiger partial charge < -0.3 is 4.74 Å². The third-order valence-electron chi connectivity index (χ3n) is 3.12. The first-order valence-corrected chi connectivity index (χ1v) is 6.49. The summed E-state index contributed by atoms with van der Waals surface area (Å²) in [7, 11) is 1.51. The van der Waals surface area contributed by atoms with E-state index in [2.05, 4.69) is 0 Å². The van der Waals surface area contributed by atoms with E-state index in [1.807, 2.05) is 0 Å². The van der Waals surface area contributed by atoms with Crippen molar-refractivity contribution in [1.82, 2.24) is 0 Å². The van der Waals surface area contributed by atoms with Crippen LogP contribution in [0.1, 0.15) is 16.7 Å². The number of non-ortho nitro benzene ring substituents is 1. The minimum Gasteiger partial charge on any atom is -0.497 e. The second-order valence-corrected chi connectivity index (χ2v) is 4.63. The molecule has 0 unspecified atom stereocenters. The van der Waals surface area contributed by atoms with Crippen molar-refractivity contribution in [2.45, 2.75) is 6.18 Å². The predicted octanol–water partition coefficient (Wildman–Crippen LogP) is 4.79. The molecule has 2 aromatic rings. The monoisotopic (exact) mass is 323 g/mol. The second-order valence-electron chi connectivity index (χ2n) is 4.63. The van der Waals surface area contributed by atoms with Gasteiger partial charge in [0, 0.05) is 12.1 Å². The highest BCUT2D eigenvalue weighted by Crippen LogP contribution is 2.35. The Labute approximate surface area is 130 Å². The number of nitrogens with zero attached hydrogens (tertiary/aromatic N) is 1. The van der Waals surface area contributed by atoms with Crippen LogP contribution in [0.4, 0.5) is 18.9 Å². The van der Waals surface area contributed by atoms with E-state index in [0.29, 0.717) is 17.4 Å². The quantitative estimate of drug-likeness (QED) is 0.462. The van der Waals surface area contributed by atoms with Crippen molar-refractivity contribution in [3.05, 3.63) is 69.3 Å². The molecule has 2 aromatic carbocycles. The van der Waals surface area contributed by atoms with Crippen molar-refractivity contribution < 1.29 is 22.8 Å². The Bertz CT molecular complexity index is 737. The number of ether oxygens (including phenoxy) is 1. The van der Waals surface area contributed by atoms with E-state index in [-0.39, 0.29) is 5.56 Å². The molecule has 0 aliphatic heterocycles. The lowest BCUT2D eigenvalue weighted by atomic mass is 10.0. The van der Waals surface area contributed by atoms with Gasteiger partial charge in [0.05, 0.1) is 17.6 Å². The molecule has 0 bridgehead atoms. The molecule has 0 aromatic heterocycles. The Balaban J connectivity index is 2.37. The Morgan fingerprint density at radius 2 is 1.74 bits per heavy atom. The molecule has 7 heteroatoms. The topological polar surface area (TPSA) is 52.4 Å². The number of benzene rings is 2. The molecule has 0 spiro atoms. The fourth-order valence-corrected chi connectivity index (χ4v) is 1.95. The van der Waals surface area contributed by atoms with Gasteiger partial charge >= 0.3 is 6.18 Å². The highest BCUT2D eigenvalue weighted by Gasteiger charge is 2.34. The first kappa shape index (κ1) is 16.5. The lowest BCUT2D eigenvalue weighted by Crippen LogP contribution is -2.08. The van der Waals surface area contributed by atoms with Gasteiger partial charge in [-0.1, -0.05) is 24.3 Å². The summed E-state index contributed by atoms with van der Waals surface area (Å²) in [6, 6.07) is 9.40. The first-order valence-electron chi connectivity index (χ1n) is 6.49. The molecule has 0 fully saturated rings. The first-order chi connectivity index (χ1) is 10.8. The van der Waals surface area contributed by atoms with Crippen molar-refractivity contribution in [3.8, 4) is 5.75 Å². The van der Waals surface area contributed by atoms with Gasteiger partial charge in [0.2, 0.25) is 0 Å². The number of hydrogen-bond acceptors (Lipinski definition) is 3. The Kier molecular flexibility index (Phi) is 4.68. The maximum absolute atomic E-state index is 13.0. The van der Waals surface area contributed by atoms with Crippen LogP contribution >= 0.6 is 0 Å². The molecule has 0 aliphatic rings. The van der Waals surface area contributed by atoms with E-state index in [1.54, 1.807) is 24.3 Å². The largest absolute Gasteiger partial charge is 0.497 e. The van der Waals surface area contributed by atoms with E-state index in [4.69, 9.17) is 4.74 Å². The fourth-order valence-electron chi connectivity index (χ4n) is 1.95. The minimum absolute atomic E-state index is 0.140. The second kappa shape index (κ2) is 6.51. The Morgan fingerprint density at radius 1 is 1.09 bits per heavy atom. The fraction of sp³-hybridized carbons (Fsp3) is 0.125. The van der Waals surface area contributed by atoms with Crippen LogP contribution in [0, 0.1) is 10.1 Å². The number of nitro groups is 1. The maximum atomic E-state index is 13.0. The van der Waals surface area contributed by atoms with Gasteiger partial charge in [-0.15, -0.1) is 0 Å². The predicted molar refractivity (Wildman–Crippen MR) is 80.0 cm³/mol. The summed E-state index contributed by atoms with van der Waals surface area (Å²) in [4.78, 5) is 9.78. The van der Waals surface area contributed by atoms with Crippen molar-refractivity contribution in [2.24, 2.45) is 0 Å². The van der Waals surface area contributed by atoms with Crippen LogP contribution in [0.15, 0.2) is 42.5 Å². The maximum Gasteiger partial charge on any atom is 0.417 e. The highest BCUT2D eigenvalue weighted by atomic mass is 19.4. The molecule has 120 valence electrons. The van der Waals surface area contributed by atoms with Crippen LogP contribution in [0.5, 0.6) is 5.75 Å². The summed E-state index contributed by atoms with van der Waals surface area (Å²) in [6.45, 7) is 0. The SMILES string of the molecule is COc1ccc(C=Cc2ccc([N+](=O)[O-])cc2C(F)(F)F)cc1. The minimum atomic E-state index is -4.67. The van der Waals surface area contributed by atoms with E-state index < -0.39 is 22.4 Å². The zero-order valence-electron chi connectivity index (χ0n) is 12.0. The molecule has 0 radical (unpaired) electrons. The van der Waals surface area contributed by atoms with Crippen LogP contribution in [0.25, 0.3) is 12.2 Å². The smallest absolute Gasteiger partial charge is 0.417 e. The molecule has 0 aliphatic carbocycles. The molecule has 23 heavy (non-hydrogen) atoms. The van der Waals surface area contributed by atoms with Gasteiger partial charge in [0.1, 0.15) is 5.75 Å². The summed E-state index contributed by atoms with van der Waals surface area (Å²) in [5, 5.41) is 10.6. The molecule has 0 atom stereocenters. The van der Waals surface area contributed by atoms with Crippen LogP contribution in [0.3, 0.4) is 0 Å². The van der Waals surface area contributed by atoms with Crippen molar-refractivity contribution in [1.29, 1.82) is 0 Å². The molecule has 0 saturated heterocycles. The van der Waals surface area contributed by atoms with E-state index in [1.165, 1.54) is 19.3 Å². The number of alkyl halides is 3. The highest BCUT2D eigenvalue weighted by molar-refractivity contribution is 5.72.